The van der Waals surface area contributed by atoms with Crippen molar-refractivity contribution in [2.75, 3.05) is 45.2 Å². The number of rotatable bonds is 8. The van der Waals surface area contributed by atoms with Crippen molar-refractivity contribution in [3.05, 3.63) is 71.5 Å². The van der Waals surface area contributed by atoms with Gasteiger partial charge < -0.3 is 19.2 Å². The molecule has 2 heterocycles. The van der Waals surface area contributed by atoms with Crippen LogP contribution >= 0.6 is 0 Å². The maximum atomic E-state index is 13.8. The normalized spacial score (nSPS) is 13.7. The van der Waals surface area contributed by atoms with Gasteiger partial charge in [0.15, 0.2) is 0 Å². The zero-order valence-electron chi connectivity index (χ0n) is 18.6. The van der Waals surface area contributed by atoms with E-state index < -0.39 is 5.82 Å². The van der Waals surface area contributed by atoms with E-state index in [9.17, 15) is 9.18 Å². The smallest absolute Gasteiger partial charge is 0.254 e. The van der Waals surface area contributed by atoms with Crippen molar-refractivity contribution in [2.24, 2.45) is 0 Å². The molecule has 7 heteroatoms. The van der Waals surface area contributed by atoms with E-state index in [1.807, 2.05) is 49.3 Å². The highest BCUT2D eigenvalue weighted by Gasteiger charge is 2.28. The molecule has 1 amide bonds. The first-order chi connectivity index (χ1) is 15.5. The fraction of sp³-hybridized carbons (Fsp3) is 0.360. The van der Waals surface area contributed by atoms with Gasteiger partial charge in [0.1, 0.15) is 11.5 Å². The van der Waals surface area contributed by atoms with E-state index in [2.05, 4.69) is 10.1 Å². The third kappa shape index (κ3) is 4.99. The second-order valence-electron chi connectivity index (χ2n) is 8.42. The maximum absolute atomic E-state index is 13.8. The lowest BCUT2D eigenvalue weighted by Gasteiger charge is -2.26. The van der Waals surface area contributed by atoms with Crippen LogP contribution in [0.3, 0.4) is 0 Å². The lowest BCUT2D eigenvalue weighted by Crippen LogP contribution is -2.36. The van der Waals surface area contributed by atoms with Crippen LogP contribution in [0.2, 0.25) is 0 Å². The number of nitrogens with zero attached hydrogens (tertiary/aromatic N) is 4. The van der Waals surface area contributed by atoms with Gasteiger partial charge in [-0.1, -0.05) is 41.6 Å². The molecule has 32 heavy (non-hydrogen) atoms. The molecule has 1 aliphatic rings. The number of amides is 1. The number of hydrogen-bond acceptors (Lipinski definition) is 5. The van der Waals surface area contributed by atoms with Crippen LogP contribution < -0.4 is 4.90 Å². The zero-order chi connectivity index (χ0) is 22.5. The van der Waals surface area contributed by atoms with Gasteiger partial charge in [0.25, 0.3) is 5.91 Å². The van der Waals surface area contributed by atoms with Crippen molar-refractivity contribution >= 4 is 11.8 Å². The average molecular weight is 437 g/mol. The summed E-state index contributed by atoms with van der Waals surface area (Å²) in [5.41, 5.74) is 2.92. The molecule has 1 saturated heterocycles. The van der Waals surface area contributed by atoms with Gasteiger partial charge in [-0.3, -0.25) is 4.79 Å². The Morgan fingerprint density at radius 1 is 1.06 bits per heavy atom. The number of benzene rings is 2. The lowest BCUT2D eigenvalue weighted by atomic mass is 10.1. The predicted molar refractivity (Wildman–Crippen MR) is 123 cm³/mol. The number of anilines is 1. The molecule has 1 aliphatic heterocycles. The fourth-order valence-corrected chi connectivity index (χ4v) is 4.00. The summed E-state index contributed by atoms with van der Waals surface area (Å²) in [5, 5.41) is 4.40. The van der Waals surface area contributed by atoms with E-state index in [-0.39, 0.29) is 5.91 Å². The highest BCUT2D eigenvalue weighted by molar-refractivity contribution is 5.94. The number of carbonyl (C=O) groups is 1. The topological polar surface area (TPSA) is 52.8 Å². The van der Waals surface area contributed by atoms with Crippen molar-refractivity contribution < 1.29 is 13.7 Å². The van der Waals surface area contributed by atoms with Crippen LogP contribution in [0.1, 0.15) is 28.8 Å². The van der Waals surface area contributed by atoms with Gasteiger partial charge in [-0.05, 0) is 45.1 Å². The van der Waals surface area contributed by atoms with E-state index >= 15 is 0 Å². The summed E-state index contributed by atoms with van der Waals surface area (Å²) in [6.07, 6.45) is 2.21. The number of hydrogen-bond donors (Lipinski definition) is 0. The molecule has 0 bridgehead atoms. The first kappa shape index (κ1) is 22.0. The minimum atomic E-state index is -0.420. The third-order valence-electron chi connectivity index (χ3n) is 5.73. The van der Waals surface area contributed by atoms with E-state index in [4.69, 9.17) is 4.52 Å². The zero-order valence-corrected chi connectivity index (χ0v) is 18.6. The van der Waals surface area contributed by atoms with Crippen LogP contribution in [-0.2, 0) is 6.54 Å². The lowest BCUT2D eigenvalue weighted by molar-refractivity contribution is 0.0732. The molecular weight excluding hydrogens is 407 g/mol. The minimum Gasteiger partial charge on any atom is -0.340 e. The van der Waals surface area contributed by atoms with E-state index in [1.165, 1.54) is 12.1 Å². The standard InChI is InChI=1S/C25H29FN4O2/c1-28(2)15-16-30(24(31)20-11-8-12-21(26)17-20)18-22-23(19-9-4-3-5-10-19)27-32-25(22)29-13-6-7-14-29/h3-5,8-12,17H,6-7,13-16,18H2,1-2H3. The number of likely N-dealkylation sites (N-methyl/N-ethyl adjacent to an activating group) is 1. The molecule has 0 atom stereocenters. The second kappa shape index (κ2) is 9.96. The molecule has 1 fully saturated rings. The van der Waals surface area contributed by atoms with Crippen LogP contribution in [0.4, 0.5) is 10.3 Å². The molecule has 0 unspecified atom stereocenters. The fourth-order valence-electron chi connectivity index (χ4n) is 4.00. The predicted octanol–water partition coefficient (Wildman–Crippen LogP) is 4.28. The molecule has 1 aromatic heterocycles. The molecule has 0 saturated carbocycles. The number of carbonyl (C=O) groups excluding carboxylic acids is 1. The average Bonchev–Trinajstić information content (AvgIpc) is 3.46. The van der Waals surface area contributed by atoms with Crippen molar-refractivity contribution in [2.45, 2.75) is 19.4 Å². The van der Waals surface area contributed by atoms with Crippen LogP contribution in [0.15, 0.2) is 59.1 Å². The Hall–Kier alpha value is -3.19. The van der Waals surface area contributed by atoms with E-state index in [1.54, 1.807) is 17.0 Å². The molecule has 168 valence electrons. The van der Waals surface area contributed by atoms with Gasteiger partial charge in [-0.25, -0.2) is 4.39 Å². The summed E-state index contributed by atoms with van der Waals surface area (Å²) in [6.45, 7) is 3.34. The third-order valence-corrected chi connectivity index (χ3v) is 5.73. The van der Waals surface area contributed by atoms with Gasteiger partial charge in [-0.15, -0.1) is 0 Å². The summed E-state index contributed by atoms with van der Waals surface area (Å²) in [4.78, 5) is 19.4. The Morgan fingerprint density at radius 3 is 2.50 bits per heavy atom. The van der Waals surface area contributed by atoms with E-state index in [0.717, 1.165) is 48.6 Å². The molecule has 0 aliphatic carbocycles. The van der Waals surface area contributed by atoms with Crippen molar-refractivity contribution in [3.8, 4) is 11.3 Å². The van der Waals surface area contributed by atoms with Crippen LogP contribution in [0.5, 0.6) is 0 Å². The summed E-state index contributed by atoms with van der Waals surface area (Å²) >= 11 is 0. The first-order valence-electron chi connectivity index (χ1n) is 11.0. The van der Waals surface area contributed by atoms with Crippen molar-refractivity contribution in [1.29, 1.82) is 0 Å². The SMILES string of the molecule is CN(C)CCN(Cc1c(-c2ccccc2)noc1N1CCCC1)C(=O)c1cccc(F)c1. The van der Waals surface area contributed by atoms with Gasteiger partial charge in [-0.2, -0.15) is 0 Å². The Balaban J connectivity index is 1.71. The van der Waals surface area contributed by atoms with Gasteiger partial charge in [0, 0.05) is 37.3 Å². The molecule has 6 nitrogen and oxygen atoms in total. The monoisotopic (exact) mass is 436 g/mol. The minimum absolute atomic E-state index is 0.209. The summed E-state index contributed by atoms with van der Waals surface area (Å²) < 4.78 is 19.7. The summed E-state index contributed by atoms with van der Waals surface area (Å²) in [7, 11) is 3.94. The molecule has 0 spiro atoms. The van der Waals surface area contributed by atoms with Crippen LogP contribution in [0, 0.1) is 5.82 Å². The molecule has 3 aromatic rings. The van der Waals surface area contributed by atoms with Crippen molar-refractivity contribution in [1.82, 2.24) is 15.0 Å². The van der Waals surface area contributed by atoms with Crippen LogP contribution in [-0.4, -0.2) is 61.1 Å². The quantitative estimate of drug-likeness (QED) is 0.527. The molecular formula is C25H29FN4O2. The molecule has 4 rings (SSSR count). The second-order valence-corrected chi connectivity index (χ2v) is 8.42. The Kier molecular flexibility index (Phi) is 6.85. The number of halogens is 1. The summed E-state index contributed by atoms with van der Waals surface area (Å²) in [6, 6.07) is 15.7. The van der Waals surface area contributed by atoms with Gasteiger partial charge in [0.2, 0.25) is 5.88 Å². The van der Waals surface area contributed by atoms with Crippen molar-refractivity contribution in [3.63, 3.8) is 0 Å². The molecule has 2 aromatic carbocycles. The highest BCUT2D eigenvalue weighted by Crippen LogP contribution is 2.34. The highest BCUT2D eigenvalue weighted by atomic mass is 19.1. The summed E-state index contributed by atoms with van der Waals surface area (Å²) in [5.74, 6) is 0.0956. The Bertz CT molecular complexity index is 1050. The van der Waals surface area contributed by atoms with E-state index in [0.29, 0.717) is 25.2 Å². The number of aromatic nitrogens is 1. The van der Waals surface area contributed by atoms with Gasteiger partial charge >= 0.3 is 0 Å². The van der Waals surface area contributed by atoms with Gasteiger partial charge in [0.05, 0.1) is 12.1 Å². The maximum Gasteiger partial charge on any atom is 0.254 e. The van der Waals surface area contributed by atoms with Crippen LogP contribution in [0.25, 0.3) is 11.3 Å². The molecule has 0 radical (unpaired) electrons. The Morgan fingerprint density at radius 2 is 1.81 bits per heavy atom. The largest absolute Gasteiger partial charge is 0.340 e. The molecule has 0 N–H and O–H groups in total. The first-order valence-corrected chi connectivity index (χ1v) is 11.0. The Labute approximate surface area is 188 Å².